The number of fused-ring (bicyclic) bond motifs is 1. The van der Waals surface area contributed by atoms with Crippen molar-refractivity contribution in [3.63, 3.8) is 0 Å². The van der Waals surface area contributed by atoms with Crippen molar-refractivity contribution in [3.05, 3.63) is 42.7 Å². The van der Waals surface area contributed by atoms with Crippen molar-refractivity contribution >= 4 is 24.3 Å². The van der Waals surface area contributed by atoms with Crippen molar-refractivity contribution in [1.29, 1.82) is 0 Å². The molecular formula is C11H7NOSe. The van der Waals surface area contributed by atoms with E-state index >= 15 is 0 Å². The Labute approximate surface area is 86.9 Å². The molecule has 0 N–H and O–H groups in total. The summed E-state index contributed by atoms with van der Waals surface area (Å²) in [6, 6.07) is 12.1. The molecule has 3 heteroatoms. The molecule has 3 rings (SSSR count). The Morgan fingerprint density at radius 3 is 2.79 bits per heavy atom. The molecule has 3 aromatic rings. The molecule has 0 atom stereocenters. The molecule has 2 aromatic heterocycles. The van der Waals surface area contributed by atoms with Gasteiger partial charge in [0, 0.05) is 0 Å². The maximum atomic E-state index is 5.33. The van der Waals surface area contributed by atoms with Gasteiger partial charge in [0.25, 0.3) is 0 Å². The molecule has 0 aliphatic rings. The first-order chi connectivity index (χ1) is 6.93. The van der Waals surface area contributed by atoms with Crippen LogP contribution in [0.25, 0.3) is 20.1 Å². The quantitative estimate of drug-likeness (QED) is 0.618. The second-order valence-electron chi connectivity index (χ2n) is 2.96. The van der Waals surface area contributed by atoms with E-state index in [1.54, 1.807) is 6.26 Å². The summed E-state index contributed by atoms with van der Waals surface area (Å²) in [4.78, 5) is 4.54. The predicted molar refractivity (Wildman–Crippen MR) is 56.4 cm³/mol. The van der Waals surface area contributed by atoms with Crippen molar-refractivity contribution in [2.75, 3.05) is 0 Å². The van der Waals surface area contributed by atoms with Crippen LogP contribution in [0.5, 0.6) is 0 Å². The Morgan fingerprint density at radius 2 is 2.00 bits per heavy atom. The zero-order valence-electron chi connectivity index (χ0n) is 7.31. The normalized spacial score (nSPS) is 10.9. The van der Waals surface area contributed by atoms with Gasteiger partial charge in [-0.2, -0.15) is 0 Å². The van der Waals surface area contributed by atoms with E-state index in [0.717, 1.165) is 15.8 Å². The second-order valence-corrected chi connectivity index (χ2v) is 5.13. The minimum atomic E-state index is 0.300. The number of benzene rings is 1. The fourth-order valence-corrected chi connectivity index (χ4v) is 3.34. The SMILES string of the molecule is c1coc(-c2nc3ccccc3[se]2)c1. The number of aromatic nitrogens is 1. The maximum absolute atomic E-state index is 5.33. The molecule has 2 heterocycles. The van der Waals surface area contributed by atoms with Gasteiger partial charge in [-0.1, -0.05) is 0 Å². The van der Waals surface area contributed by atoms with Crippen molar-refractivity contribution in [3.8, 4) is 10.3 Å². The van der Waals surface area contributed by atoms with E-state index in [9.17, 15) is 0 Å². The summed E-state index contributed by atoms with van der Waals surface area (Å²) in [5.74, 6) is 0.904. The predicted octanol–water partition coefficient (Wildman–Crippen LogP) is 2.55. The Morgan fingerprint density at radius 1 is 1.07 bits per heavy atom. The van der Waals surface area contributed by atoms with Crippen LogP contribution < -0.4 is 0 Å². The van der Waals surface area contributed by atoms with Gasteiger partial charge >= 0.3 is 86.7 Å². The molecule has 0 saturated heterocycles. The molecule has 0 aliphatic carbocycles. The molecule has 14 heavy (non-hydrogen) atoms. The van der Waals surface area contributed by atoms with Crippen LogP contribution in [-0.2, 0) is 0 Å². The number of para-hydroxylation sites is 1. The van der Waals surface area contributed by atoms with Gasteiger partial charge in [0.2, 0.25) is 0 Å². The van der Waals surface area contributed by atoms with E-state index in [2.05, 4.69) is 17.1 Å². The topological polar surface area (TPSA) is 26.0 Å². The van der Waals surface area contributed by atoms with Crippen LogP contribution >= 0.6 is 0 Å². The van der Waals surface area contributed by atoms with Crippen molar-refractivity contribution in [2.45, 2.75) is 0 Å². The van der Waals surface area contributed by atoms with Crippen LogP contribution in [0.4, 0.5) is 0 Å². The molecule has 2 nitrogen and oxygen atoms in total. The number of furan rings is 1. The third-order valence-corrected chi connectivity index (χ3v) is 4.23. The molecule has 0 bridgehead atoms. The first-order valence-electron chi connectivity index (χ1n) is 4.33. The molecule has 0 unspecified atom stereocenters. The monoisotopic (exact) mass is 249 g/mol. The fraction of sp³-hybridized carbons (Fsp3) is 0. The number of hydrogen-bond donors (Lipinski definition) is 0. The van der Waals surface area contributed by atoms with E-state index in [-0.39, 0.29) is 0 Å². The molecule has 0 saturated carbocycles. The molecule has 0 spiro atoms. The third-order valence-electron chi connectivity index (χ3n) is 2.03. The first kappa shape index (κ1) is 8.04. The van der Waals surface area contributed by atoms with E-state index in [1.807, 2.05) is 24.3 Å². The van der Waals surface area contributed by atoms with Crippen molar-refractivity contribution < 1.29 is 4.42 Å². The van der Waals surface area contributed by atoms with Crippen LogP contribution in [-0.4, -0.2) is 19.5 Å². The summed E-state index contributed by atoms with van der Waals surface area (Å²) < 4.78 is 7.76. The van der Waals surface area contributed by atoms with Gasteiger partial charge < -0.3 is 0 Å². The summed E-state index contributed by atoms with van der Waals surface area (Å²) >= 11 is 0.300. The fourth-order valence-electron chi connectivity index (χ4n) is 1.38. The Balaban J connectivity index is 2.24. The Kier molecular flexibility index (Phi) is 1.79. The summed E-state index contributed by atoms with van der Waals surface area (Å²) in [6.45, 7) is 0. The zero-order valence-corrected chi connectivity index (χ0v) is 9.02. The van der Waals surface area contributed by atoms with Crippen LogP contribution in [0.2, 0.25) is 0 Å². The van der Waals surface area contributed by atoms with Gasteiger partial charge in [-0.15, -0.1) is 0 Å². The van der Waals surface area contributed by atoms with E-state index in [1.165, 1.54) is 4.26 Å². The van der Waals surface area contributed by atoms with Crippen molar-refractivity contribution in [2.24, 2.45) is 0 Å². The second kappa shape index (κ2) is 3.12. The van der Waals surface area contributed by atoms with Crippen LogP contribution in [0.3, 0.4) is 0 Å². The van der Waals surface area contributed by atoms with Gasteiger partial charge in [-0.25, -0.2) is 0 Å². The average Bonchev–Trinajstić information content (AvgIpc) is 2.86. The van der Waals surface area contributed by atoms with Gasteiger partial charge in [0.1, 0.15) is 0 Å². The van der Waals surface area contributed by atoms with Gasteiger partial charge in [-0.05, 0) is 0 Å². The summed E-state index contributed by atoms with van der Waals surface area (Å²) in [7, 11) is 0. The number of rotatable bonds is 1. The Bertz CT molecular complexity index is 520. The molecule has 0 fully saturated rings. The average molecular weight is 248 g/mol. The molecule has 0 aliphatic heterocycles. The van der Waals surface area contributed by atoms with E-state index in [0.29, 0.717) is 14.5 Å². The molecule has 68 valence electrons. The number of nitrogens with zero attached hydrogens (tertiary/aromatic N) is 1. The molecular weight excluding hydrogens is 241 g/mol. The molecule has 1 aromatic carbocycles. The van der Waals surface area contributed by atoms with Crippen LogP contribution in [0.15, 0.2) is 47.1 Å². The Hall–Kier alpha value is -1.31. The van der Waals surface area contributed by atoms with E-state index in [4.69, 9.17) is 4.42 Å². The summed E-state index contributed by atoms with van der Waals surface area (Å²) in [5.41, 5.74) is 1.10. The molecule has 0 radical (unpaired) electrons. The first-order valence-corrected chi connectivity index (χ1v) is 6.04. The van der Waals surface area contributed by atoms with Gasteiger partial charge in [0.15, 0.2) is 0 Å². The van der Waals surface area contributed by atoms with E-state index < -0.39 is 0 Å². The standard InChI is InChI=1S/C11H7NOSe/c1-2-6-10-8(4-1)12-11(14-10)9-5-3-7-13-9/h1-7H. The van der Waals surface area contributed by atoms with Crippen LogP contribution in [0, 0.1) is 0 Å². The summed E-state index contributed by atoms with van der Waals surface area (Å²) in [5, 5.41) is 0. The third kappa shape index (κ3) is 1.22. The summed E-state index contributed by atoms with van der Waals surface area (Å²) in [6.07, 6.45) is 1.69. The van der Waals surface area contributed by atoms with Crippen LogP contribution in [0.1, 0.15) is 0 Å². The van der Waals surface area contributed by atoms with Crippen molar-refractivity contribution in [1.82, 2.24) is 4.98 Å². The van der Waals surface area contributed by atoms with Gasteiger partial charge in [0.05, 0.1) is 0 Å². The zero-order chi connectivity index (χ0) is 9.38. The number of hydrogen-bond acceptors (Lipinski definition) is 2. The minimum absolute atomic E-state index is 0.300. The molecule has 0 amide bonds. The van der Waals surface area contributed by atoms with Gasteiger partial charge in [-0.3, -0.25) is 0 Å².